The van der Waals surface area contributed by atoms with Crippen molar-refractivity contribution in [3.8, 4) is 6.07 Å². The summed E-state index contributed by atoms with van der Waals surface area (Å²) in [6, 6.07) is 5.63. The standard InChI is InChI=1S/C17H23ClN4O2/c1-17(2,3)24-16(23)20-11-12-6-4-5-9-22(12)15-8-7-13(18)14(10-19)21-15/h7-8,12H,4-6,9,11H2,1-3H3,(H,20,23). The molecule has 1 aliphatic heterocycles. The van der Waals surface area contributed by atoms with E-state index in [0.29, 0.717) is 17.4 Å². The molecule has 2 heterocycles. The maximum absolute atomic E-state index is 11.9. The number of aromatic nitrogens is 1. The van der Waals surface area contributed by atoms with Crippen LogP contribution in [0.15, 0.2) is 12.1 Å². The summed E-state index contributed by atoms with van der Waals surface area (Å²) in [7, 11) is 0. The fourth-order valence-corrected chi connectivity index (χ4v) is 2.85. The van der Waals surface area contributed by atoms with Crippen molar-refractivity contribution >= 4 is 23.5 Å². The Hall–Kier alpha value is -2.00. The second-order valence-electron chi connectivity index (χ2n) is 6.84. The SMILES string of the molecule is CC(C)(C)OC(=O)NCC1CCCCN1c1ccc(Cl)c(C#N)n1. The number of halogens is 1. The van der Waals surface area contributed by atoms with E-state index in [0.717, 1.165) is 25.8 Å². The number of carbonyl (C=O) groups excluding carboxylic acids is 1. The normalized spacial score (nSPS) is 18.0. The van der Waals surface area contributed by atoms with Gasteiger partial charge in [0.05, 0.1) is 5.02 Å². The van der Waals surface area contributed by atoms with E-state index in [9.17, 15) is 4.79 Å². The largest absolute Gasteiger partial charge is 0.444 e. The molecule has 0 spiro atoms. The quantitative estimate of drug-likeness (QED) is 0.902. The average molecular weight is 351 g/mol. The number of carbonyl (C=O) groups is 1. The van der Waals surface area contributed by atoms with Crippen LogP contribution in [-0.4, -0.2) is 35.8 Å². The van der Waals surface area contributed by atoms with Gasteiger partial charge >= 0.3 is 6.09 Å². The van der Waals surface area contributed by atoms with Crippen molar-refractivity contribution in [2.45, 2.75) is 51.7 Å². The number of rotatable bonds is 3. The lowest BCUT2D eigenvalue weighted by Crippen LogP contribution is -2.48. The van der Waals surface area contributed by atoms with Gasteiger partial charge in [0, 0.05) is 19.1 Å². The summed E-state index contributed by atoms with van der Waals surface area (Å²) in [5.74, 6) is 0.714. The van der Waals surface area contributed by atoms with E-state index in [1.807, 2.05) is 32.9 Å². The van der Waals surface area contributed by atoms with Crippen molar-refractivity contribution in [2.75, 3.05) is 18.0 Å². The Bertz CT molecular complexity index is 636. The minimum atomic E-state index is -0.518. The van der Waals surface area contributed by atoms with E-state index in [1.54, 1.807) is 6.07 Å². The lowest BCUT2D eigenvalue weighted by Gasteiger charge is -2.37. The molecule has 0 aliphatic carbocycles. The van der Waals surface area contributed by atoms with Crippen LogP contribution in [0.4, 0.5) is 10.6 Å². The minimum Gasteiger partial charge on any atom is -0.444 e. The van der Waals surface area contributed by atoms with Crippen molar-refractivity contribution < 1.29 is 9.53 Å². The highest BCUT2D eigenvalue weighted by atomic mass is 35.5. The molecular formula is C17H23ClN4O2. The smallest absolute Gasteiger partial charge is 0.407 e. The molecule has 0 saturated carbocycles. The minimum absolute atomic E-state index is 0.117. The van der Waals surface area contributed by atoms with Crippen LogP contribution in [0.1, 0.15) is 45.7 Å². The third-order valence-electron chi connectivity index (χ3n) is 3.74. The second kappa shape index (κ2) is 7.71. The molecule has 0 aromatic carbocycles. The number of nitrogens with one attached hydrogen (secondary N) is 1. The van der Waals surface area contributed by atoms with Crippen LogP contribution in [0.3, 0.4) is 0 Å². The first-order valence-electron chi connectivity index (χ1n) is 8.10. The van der Waals surface area contributed by atoms with Crippen LogP contribution >= 0.6 is 11.6 Å². The third kappa shape index (κ3) is 5.00. The number of hydrogen-bond donors (Lipinski definition) is 1. The number of nitriles is 1. The first kappa shape index (κ1) is 18.3. The molecule has 7 heteroatoms. The van der Waals surface area contributed by atoms with Crippen LogP contribution in [-0.2, 0) is 4.74 Å². The van der Waals surface area contributed by atoms with Crippen LogP contribution in [0.2, 0.25) is 5.02 Å². The summed E-state index contributed by atoms with van der Waals surface area (Å²) in [5, 5.41) is 12.3. The van der Waals surface area contributed by atoms with Crippen molar-refractivity contribution in [3.63, 3.8) is 0 Å². The average Bonchev–Trinajstić information content (AvgIpc) is 2.52. The van der Waals surface area contributed by atoms with Crippen LogP contribution in [0.5, 0.6) is 0 Å². The Morgan fingerprint density at radius 3 is 2.92 bits per heavy atom. The van der Waals surface area contributed by atoms with E-state index < -0.39 is 11.7 Å². The zero-order valence-electron chi connectivity index (χ0n) is 14.3. The van der Waals surface area contributed by atoms with Gasteiger partial charge in [0.2, 0.25) is 0 Å². The van der Waals surface area contributed by atoms with Crippen molar-refractivity contribution in [3.05, 3.63) is 22.8 Å². The van der Waals surface area contributed by atoms with E-state index >= 15 is 0 Å². The number of pyridine rings is 1. The Balaban J connectivity index is 2.06. The lowest BCUT2D eigenvalue weighted by atomic mass is 10.0. The van der Waals surface area contributed by atoms with Crippen molar-refractivity contribution in [2.24, 2.45) is 0 Å². The number of ether oxygens (including phenoxy) is 1. The molecule has 1 aromatic rings. The summed E-state index contributed by atoms with van der Waals surface area (Å²) in [6.45, 7) is 6.81. The molecule has 1 aromatic heterocycles. The first-order valence-corrected chi connectivity index (χ1v) is 8.48. The van der Waals surface area contributed by atoms with Gasteiger partial charge in [-0.25, -0.2) is 9.78 Å². The van der Waals surface area contributed by atoms with Crippen molar-refractivity contribution in [1.82, 2.24) is 10.3 Å². The summed E-state index contributed by atoms with van der Waals surface area (Å²) in [4.78, 5) is 18.3. The first-order chi connectivity index (χ1) is 11.3. The molecule has 2 rings (SSSR count). The van der Waals surface area contributed by atoms with E-state index in [-0.39, 0.29) is 11.7 Å². The lowest BCUT2D eigenvalue weighted by molar-refractivity contribution is 0.0523. The van der Waals surface area contributed by atoms with E-state index in [1.165, 1.54) is 0 Å². The van der Waals surface area contributed by atoms with Gasteiger partial charge in [-0.3, -0.25) is 0 Å². The third-order valence-corrected chi connectivity index (χ3v) is 4.04. The van der Waals surface area contributed by atoms with Crippen LogP contribution in [0.25, 0.3) is 0 Å². The Morgan fingerprint density at radius 2 is 2.25 bits per heavy atom. The predicted molar refractivity (Wildman–Crippen MR) is 93.2 cm³/mol. The van der Waals surface area contributed by atoms with Gasteiger partial charge in [-0.15, -0.1) is 0 Å². The summed E-state index contributed by atoms with van der Waals surface area (Å²) in [5.41, 5.74) is -0.297. The topological polar surface area (TPSA) is 78.2 Å². The Morgan fingerprint density at radius 1 is 1.50 bits per heavy atom. The highest BCUT2D eigenvalue weighted by Crippen LogP contribution is 2.25. The maximum Gasteiger partial charge on any atom is 0.407 e. The number of nitrogens with zero attached hydrogens (tertiary/aromatic N) is 3. The number of alkyl carbamates (subject to hydrolysis) is 1. The van der Waals surface area contributed by atoms with Gasteiger partial charge in [-0.1, -0.05) is 11.6 Å². The molecule has 1 aliphatic rings. The van der Waals surface area contributed by atoms with Crippen LogP contribution < -0.4 is 10.2 Å². The molecule has 1 N–H and O–H groups in total. The monoisotopic (exact) mass is 350 g/mol. The molecule has 1 atom stereocenters. The molecule has 6 nitrogen and oxygen atoms in total. The number of hydrogen-bond acceptors (Lipinski definition) is 5. The molecular weight excluding hydrogens is 328 g/mol. The van der Waals surface area contributed by atoms with Crippen molar-refractivity contribution in [1.29, 1.82) is 5.26 Å². The number of anilines is 1. The van der Waals surface area contributed by atoms with E-state index in [2.05, 4.69) is 15.2 Å². The van der Waals surface area contributed by atoms with Gasteiger partial charge in [0.1, 0.15) is 17.5 Å². The summed E-state index contributed by atoms with van der Waals surface area (Å²) in [6.07, 6.45) is 2.67. The maximum atomic E-state index is 11.9. The van der Waals surface area contributed by atoms with Crippen LogP contribution in [0, 0.1) is 11.3 Å². The van der Waals surface area contributed by atoms with E-state index in [4.69, 9.17) is 21.6 Å². The zero-order chi connectivity index (χ0) is 17.7. The molecule has 1 saturated heterocycles. The Kier molecular flexibility index (Phi) is 5.89. The zero-order valence-corrected chi connectivity index (χ0v) is 15.1. The molecule has 24 heavy (non-hydrogen) atoms. The summed E-state index contributed by atoms with van der Waals surface area (Å²) < 4.78 is 5.28. The molecule has 1 amide bonds. The molecule has 1 unspecified atom stereocenters. The molecule has 0 bridgehead atoms. The predicted octanol–water partition coefficient (Wildman–Crippen LogP) is 3.49. The fraction of sp³-hybridized carbons (Fsp3) is 0.588. The number of piperidine rings is 1. The molecule has 0 radical (unpaired) electrons. The Labute approximate surface area is 147 Å². The summed E-state index contributed by atoms with van der Waals surface area (Å²) >= 11 is 5.96. The van der Waals surface area contributed by atoms with Gasteiger partial charge in [-0.05, 0) is 52.2 Å². The molecule has 130 valence electrons. The second-order valence-corrected chi connectivity index (χ2v) is 7.24. The number of amides is 1. The van der Waals surface area contributed by atoms with Gasteiger partial charge in [0.15, 0.2) is 5.69 Å². The fourth-order valence-electron chi connectivity index (χ4n) is 2.70. The highest BCUT2D eigenvalue weighted by molar-refractivity contribution is 6.31. The van der Waals surface area contributed by atoms with Gasteiger partial charge in [-0.2, -0.15) is 5.26 Å². The highest BCUT2D eigenvalue weighted by Gasteiger charge is 2.25. The van der Waals surface area contributed by atoms with Gasteiger partial charge in [0.25, 0.3) is 0 Å². The molecule has 1 fully saturated rings. The van der Waals surface area contributed by atoms with Gasteiger partial charge < -0.3 is 15.0 Å².